The van der Waals surface area contributed by atoms with Gasteiger partial charge in [0, 0.05) is 29.9 Å². The molecular formula is C28H22F2N8O. The van der Waals surface area contributed by atoms with E-state index in [-0.39, 0.29) is 34.4 Å². The largest absolute Gasteiger partial charge is 0.336 e. The van der Waals surface area contributed by atoms with Gasteiger partial charge in [-0.25, -0.2) is 13.8 Å². The van der Waals surface area contributed by atoms with Crippen LogP contribution < -0.4 is 5.32 Å². The molecule has 5 heterocycles. The van der Waals surface area contributed by atoms with Crippen molar-refractivity contribution in [2.75, 3.05) is 5.32 Å². The monoisotopic (exact) mass is 524 g/mol. The molecule has 0 aliphatic carbocycles. The van der Waals surface area contributed by atoms with Crippen LogP contribution in [-0.4, -0.2) is 41.0 Å². The minimum Gasteiger partial charge on any atom is -0.336 e. The molecule has 0 atom stereocenters. The summed E-state index contributed by atoms with van der Waals surface area (Å²) >= 11 is 0. The summed E-state index contributed by atoms with van der Waals surface area (Å²) < 4.78 is 30.5. The highest BCUT2D eigenvalue weighted by Crippen LogP contribution is 2.34. The van der Waals surface area contributed by atoms with Crippen LogP contribution in [0.1, 0.15) is 20.3 Å². The quantitative estimate of drug-likeness (QED) is 0.250. The van der Waals surface area contributed by atoms with Crippen molar-refractivity contribution < 1.29 is 13.6 Å². The predicted molar refractivity (Wildman–Crippen MR) is 143 cm³/mol. The molecule has 11 heteroatoms. The standard InChI is InChI=1S/C28H22F2N8O/c1-14(2)9-21(39)34-16-10-15(11-31-12-16)24-23(30)22-20(13-33-24)37-38-27(22)28-35-19-7-8-32-25(26(19)36-28)17-5-3-4-6-18(17)29/h3-8,10-14H,9H2,1-2H3,(H,34,39)(H,35,36)(H,37,38). The van der Waals surface area contributed by atoms with Crippen LogP contribution in [0.3, 0.4) is 0 Å². The molecule has 1 aromatic carbocycles. The lowest BCUT2D eigenvalue weighted by Gasteiger charge is -2.09. The number of hydrogen-bond acceptors (Lipinski definition) is 6. The van der Waals surface area contributed by atoms with Crippen molar-refractivity contribution in [1.82, 2.24) is 35.1 Å². The van der Waals surface area contributed by atoms with Crippen molar-refractivity contribution in [1.29, 1.82) is 0 Å². The van der Waals surface area contributed by atoms with E-state index in [4.69, 9.17) is 0 Å². The molecule has 6 aromatic rings. The summed E-state index contributed by atoms with van der Waals surface area (Å²) in [6, 6.07) is 9.63. The van der Waals surface area contributed by atoms with Crippen molar-refractivity contribution >= 4 is 33.5 Å². The van der Waals surface area contributed by atoms with Gasteiger partial charge in [-0.2, -0.15) is 5.10 Å². The average molecular weight is 525 g/mol. The molecule has 6 rings (SSSR count). The highest BCUT2D eigenvalue weighted by atomic mass is 19.1. The van der Waals surface area contributed by atoms with Crippen LogP contribution in [0.4, 0.5) is 14.5 Å². The molecule has 1 amide bonds. The van der Waals surface area contributed by atoms with Gasteiger partial charge in [-0.3, -0.25) is 24.8 Å². The third-order valence-electron chi connectivity index (χ3n) is 6.19. The lowest BCUT2D eigenvalue weighted by Crippen LogP contribution is -2.14. The molecule has 3 N–H and O–H groups in total. The van der Waals surface area contributed by atoms with Gasteiger partial charge in [0.1, 0.15) is 28.4 Å². The average Bonchev–Trinajstić information content (AvgIpc) is 3.53. The van der Waals surface area contributed by atoms with Gasteiger partial charge in [-0.15, -0.1) is 0 Å². The molecule has 0 bridgehead atoms. The molecular weight excluding hydrogens is 502 g/mol. The number of amides is 1. The summed E-state index contributed by atoms with van der Waals surface area (Å²) in [6.07, 6.45) is 6.35. The van der Waals surface area contributed by atoms with Crippen molar-refractivity contribution in [2.24, 2.45) is 5.92 Å². The van der Waals surface area contributed by atoms with Gasteiger partial charge in [-0.1, -0.05) is 26.0 Å². The Morgan fingerprint density at radius 1 is 1.00 bits per heavy atom. The van der Waals surface area contributed by atoms with Crippen molar-refractivity contribution in [3.8, 4) is 34.0 Å². The van der Waals surface area contributed by atoms with Gasteiger partial charge in [0.15, 0.2) is 11.6 Å². The summed E-state index contributed by atoms with van der Waals surface area (Å²) in [4.78, 5) is 32.8. The Morgan fingerprint density at radius 2 is 1.85 bits per heavy atom. The summed E-state index contributed by atoms with van der Waals surface area (Å²) in [5, 5.41) is 10.1. The van der Waals surface area contributed by atoms with Gasteiger partial charge in [0.2, 0.25) is 5.91 Å². The molecule has 39 heavy (non-hydrogen) atoms. The number of aromatic nitrogens is 7. The molecule has 0 radical (unpaired) electrons. The van der Waals surface area contributed by atoms with Gasteiger partial charge in [0.05, 0.1) is 34.5 Å². The fourth-order valence-corrected chi connectivity index (χ4v) is 4.47. The Balaban J connectivity index is 1.43. The second kappa shape index (κ2) is 9.67. The number of carbonyl (C=O) groups is 1. The zero-order valence-electron chi connectivity index (χ0n) is 21.0. The Morgan fingerprint density at radius 3 is 2.67 bits per heavy atom. The highest BCUT2D eigenvalue weighted by molar-refractivity contribution is 5.97. The Labute approximate surface area is 220 Å². The van der Waals surface area contributed by atoms with Crippen LogP contribution >= 0.6 is 0 Å². The number of halogens is 2. The summed E-state index contributed by atoms with van der Waals surface area (Å²) in [5.74, 6) is -0.731. The number of anilines is 1. The molecule has 0 aliphatic rings. The lowest BCUT2D eigenvalue weighted by atomic mass is 10.1. The topological polar surface area (TPSA) is 125 Å². The lowest BCUT2D eigenvalue weighted by molar-refractivity contribution is -0.116. The van der Waals surface area contributed by atoms with Crippen LogP contribution in [0.25, 0.3) is 56.0 Å². The van der Waals surface area contributed by atoms with Gasteiger partial charge in [0.25, 0.3) is 0 Å². The van der Waals surface area contributed by atoms with E-state index in [0.717, 1.165) is 0 Å². The van der Waals surface area contributed by atoms with Crippen LogP contribution in [0.5, 0.6) is 0 Å². The number of imidazole rings is 1. The molecule has 0 aliphatic heterocycles. The fraction of sp³-hybridized carbons (Fsp3) is 0.143. The molecule has 0 spiro atoms. The number of aromatic amines is 2. The number of H-pyrrole nitrogens is 2. The zero-order chi connectivity index (χ0) is 27.1. The number of hydrogen-bond donors (Lipinski definition) is 3. The van der Waals surface area contributed by atoms with Crippen molar-refractivity contribution in [3.05, 3.63) is 72.8 Å². The van der Waals surface area contributed by atoms with Crippen molar-refractivity contribution in [3.63, 3.8) is 0 Å². The Bertz CT molecular complexity index is 1860. The second-order valence-corrected chi connectivity index (χ2v) is 9.51. The summed E-state index contributed by atoms with van der Waals surface area (Å²) in [5.41, 5.74) is 3.16. The fourth-order valence-electron chi connectivity index (χ4n) is 4.47. The number of rotatable bonds is 6. The number of fused-ring (bicyclic) bond motifs is 2. The van der Waals surface area contributed by atoms with E-state index in [1.807, 2.05) is 13.8 Å². The minimum atomic E-state index is -0.628. The number of carbonyl (C=O) groups excluding carboxylic acids is 1. The SMILES string of the molecule is CC(C)CC(=O)Nc1cncc(-c2ncc3[nH]nc(-c4nc5c(-c6ccccc6F)nccc5[nH]4)c3c2F)c1. The number of pyridine rings is 3. The van der Waals surface area contributed by atoms with E-state index in [9.17, 15) is 9.18 Å². The van der Waals surface area contributed by atoms with E-state index in [1.165, 1.54) is 24.7 Å². The first-order valence-electron chi connectivity index (χ1n) is 12.3. The van der Waals surface area contributed by atoms with Crippen LogP contribution in [-0.2, 0) is 4.79 Å². The first kappa shape index (κ1) is 24.3. The first-order chi connectivity index (χ1) is 18.9. The van der Waals surface area contributed by atoms with E-state index < -0.39 is 11.6 Å². The molecule has 0 saturated heterocycles. The van der Waals surface area contributed by atoms with E-state index in [2.05, 4.69) is 40.4 Å². The summed E-state index contributed by atoms with van der Waals surface area (Å²) in [6.45, 7) is 3.90. The first-order valence-corrected chi connectivity index (χ1v) is 12.3. The molecule has 5 aromatic heterocycles. The third kappa shape index (κ3) is 4.48. The number of nitrogens with one attached hydrogen (secondary N) is 3. The Hall–Kier alpha value is -5.06. The van der Waals surface area contributed by atoms with Crippen LogP contribution in [0.2, 0.25) is 0 Å². The maximum absolute atomic E-state index is 16.0. The van der Waals surface area contributed by atoms with E-state index in [1.54, 1.807) is 36.5 Å². The zero-order valence-corrected chi connectivity index (χ0v) is 21.0. The van der Waals surface area contributed by atoms with E-state index >= 15 is 4.39 Å². The molecule has 9 nitrogen and oxygen atoms in total. The smallest absolute Gasteiger partial charge is 0.224 e. The maximum Gasteiger partial charge on any atom is 0.224 e. The van der Waals surface area contributed by atoms with Gasteiger partial charge >= 0.3 is 0 Å². The highest BCUT2D eigenvalue weighted by Gasteiger charge is 2.22. The molecule has 0 unspecified atom stereocenters. The second-order valence-electron chi connectivity index (χ2n) is 9.51. The minimum absolute atomic E-state index is 0.0439. The van der Waals surface area contributed by atoms with Crippen molar-refractivity contribution in [2.45, 2.75) is 20.3 Å². The van der Waals surface area contributed by atoms with Crippen LogP contribution in [0, 0.1) is 17.6 Å². The normalized spacial score (nSPS) is 11.5. The Kier molecular flexibility index (Phi) is 6.02. The van der Waals surface area contributed by atoms with Gasteiger partial charge in [-0.05, 0) is 30.2 Å². The molecule has 0 fully saturated rings. The number of benzene rings is 1. The van der Waals surface area contributed by atoms with Crippen LogP contribution in [0.15, 0.2) is 61.2 Å². The summed E-state index contributed by atoms with van der Waals surface area (Å²) in [7, 11) is 0. The predicted octanol–water partition coefficient (Wildman–Crippen LogP) is 5.89. The maximum atomic E-state index is 16.0. The molecule has 194 valence electrons. The molecule has 0 saturated carbocycles. The van der Waals surface area contributed by atoms with Gasteiger partial charge < -0.3 is 10.3 Å². The van der Waals surface area contributed by atoms with E-state index in [0.29, 0.717) is 45.5 Å². The third-order valence-corrected chi connectivity index (χ3v) is 6.19. The number of nitrogens with zero attached hydrogens (tertiary/aromatic N) is 5.